The highest BCUT2D eigenvalue weighted by atomic mass is 32.2. The summed E-state index contributed by atoms with van der Waals surface area (Å²) < 4.78 is 6.06. The van der Waals surface area contributed by atoms with Crippen molar-refractivity contribution in [1.82, 2.24) is 0 Å². The van der Waals surface area contributed by atoms with E-state index in [9.17, 15) is 0 Å². The van der Waals surface area contributed by atoms with Gasteiger partial charge in [-0.1, -0.05) is 131 Å². The molecule has 188 valence electrons. The lowest BCUT2D eigenvalue weighted by molar-refractivity contribution is 0.107. The Kier molecular flexibility index (Phi) is 11.3. The van der Waals surface area contributed by atoms with Crippen LogP contribution in [0, 0.1) is 0 Å². The molecule has 0 amide bonds. The second kappa shape index (κ2) is 15.1. The quantitative estimate of drug-likeness (QED) is 0.249. The van der Waals surface area contributed by atoms with E-state index < -0.39 is 0 Å². The Morgan fingerprint density at radius 1 is 0.486 bits per heavy atom. The standard InChI is InChI=1S/C30H34B2N2OS2/c33-19-21-36-31(27-7-3-1-4-8-27)29-15-11-25(12-16-29)23-35-24-26-13-17-30(18-14-26)32(37-22-20-34)28-9-5-2-6-10-28/h1-18H,19-24,33-34H2. The maximum atomic E-state index is 6.06. The Hall–Kier alpha value is -2.41. The first kappa shape index (κ1) is 27.6. The minimum absolute atomic E-state index is 0.293. The van der Waals surface area contributed by atoms with Gasteiger partial charge in [-0.2, -0.15) is 23.2 Å². The normalized spacial score (nSPS) is 10.9. The lowest BCUT2D eigenvalue weighted by atomic mass is 9.62. The van der Waals surface area contributed by atoms with Crippen LogP contribution in [0.2, 0.25) is 0 Å². The van der Waals surface area contributed by atoms with E-state index in [0.29, 0.717) is 38.3 Å². The summed E-state index contributed by atoms with van der Waals surface area (Å²) in [5, 5.41) is 0. The smallest absolute Gasteiger partial charge is 0.274 e. The monoisotopic (exact) mass is 524 g/mol. The van der Waals surface area contributed by atoms with Gasteiger partial charge in [0.05, 0.1) is 13.2 Å². The SMILES string of the molecule is NCCSB(c1ccccc1)c1ccc(COCc2ccc(B(SCCN)c3ccccc3)cc2)cc1. The van der Waals surface area contributed by atoms with Crippen molar-refractivity contribution in [2.75, 3.05) is 24.6 Å². The molecule has 4 aromatic carbocycles. The summed E-state index contributed by atoms with van der Waals surface area (Å²) >= 11 is 3.78. The van der Waals surface area contributed by atoms with Crippen LogP contribution < -0.4 is 33.3 Å². The highest BCUT2D eigenvalue weighted by molar-refractivity contribution is 8.28. The number of nitrogens with two attached hydrogens (primary N) is 2. The van der Waals surface area contributed by atoms with Gasteiger partial charge in [-0.15, -0.1) is 0 Å². The van der Waals surface area contributed by atoms with Crippen LogP contribution in [0.4, 0.5) is 0 Å². The summed E-state index contributed by atoms with van der Waals surface area (Å²) in [6.07, 6.45) is 0. The molecule has 4 rings (SSSR count). The van der Waals surface area contributed by atoms with Gasteiger partial charge in [0, 0.05) is 13.1 Å². The summed E-state index contributed by atoms with van der Waals surface area (Å²) in [6.45, 7) is 2.54. The van der Waals surface area contributed by atoms with Gasteiger partial charge in [0.15, 0.2) is 0 Å². The molecule has 0 aromatic heterocycles. The average Bonchev–Trinajstić information content (AvgIpc) is 2.96. The molecular weight excluding hydrogens is 490 g/mol. The first-order valence-corrected chi connectivity index (χ1v) is 14.9. The van der Waals surface area contributed by atoms with Gasteiger partial charge in [0.1, 0.15) is 0 Å². The molecular formula is C30H34B2N2OS2. The number of hydrogen-bond acceptors (Lipinski definition) is 5. The largest absolute Gasteiger partial charge is 0.372 e. The molecule has 0 atom stereocenters. The molecule has 0 heterocycles. The second-order valence-corrected chi connectivity index (χ2v) is 11.3. The lowest BCUT2D eigenvalue weighted by Crippen LogP contribution is -2.40. The fourth-order valence-electron chi connectivity index (χ4n) is 4.26. The first-order chi connectivity index (χ1) is 18.3. The third kappa shape index (κ3) is 8.29. The summed E-state index contributed by atoms with van der Waals surface area (Å²) in [7, 11) is 0. The van der Waals surface area contributed by atoms with E-state index in [4.69, 9.17) is 16.2 Å². The molecule has 0 unspecified atom stereocenters. The molecule has 0 aliphatic carbocycles. The Morgan fingerprint density at radius 3 is 1.19 bits per heavy atom. The van der Waals surface area contributed by atoms with Gasteiger partial charge in [-0.25, -0.2) is 0 Å². The minimum atomic E-state index is 0.293. The van der Waals surface area contributed by atoms with E-state index in [2.05, 4.69) is 109 Å². The predicted molar refractivity (Wildman–Crippen MR) is 167 cm³/mol. The Labute approximate surface area is 230 Å². The van der Waals surface area contributed by atoms with Crippen molar-refractivity contribution in [2.45, 2.75) is 13.2 Å². The Morgan fingerprint density at radius 2 is 0.838 bits per heavy atom. The zero-order valence-corrected chi connectivity index (χ0v) is 22.8. The molecule has 0 saturated heterocycles. The van der Waals surface area contributed by atoms with Crippen molar-refractivity contribution in [3.8, 4) is 0 Å². The van der Waals surface area contributed by atoms with Crippen LogP contribution >= 0.6 is 23.2 Å². The molecule has 37 heavy (non-hydrogen) atoms. The number of rotatable bonds is 14. The van der Waals surface area contributed by atoms with Crippen molar-refractivity contribution < 1.29 is 4.74 Å². The van der Waals surface area contributed by atoms with Crippen molar-refractivity contribution in [2.24, 2.45) is 11.5 Å². The lowest BCUT2D eigenvalue weighted by Gasteiger charge is -2.15. The zero-order chi connectivity index (χ0) is 25.7. The van der Waals surface area contributed by atoms with Crippen molar-refractivity contribution >= 4 is 57.1 Å². The predicted octanol–water partition coefficient (Wildman–Crippen LogP) is 3.00. The van der Waals surface area contributed by atoms with E-state index in [0.717, 1.165) is 11.5 Å². The molecule has 7 heteroatoms. The van der Waals surface area contributed by atoms with Crippen molar-refractivity contribution in [3.63, 3.8) is 0 Å². The second-order valence-electron chi connectivity index (χ2n) is 8.88. The number of hydrogen-bond donors (Lipinski definition) is 2. The average molecular weight is 524 g/mol. The third-order valence-electron chi connectivity index (χ3n) is 6.11. The first-order valence-electron chi connectivity index (χ1n) is 12.8. The van der Waals surface area contributed by atoms with Crippen molar-refractivity contribution in [1.29, 1.82) is 0 Å². The van der Waals surface area contributed by atoms with Gasteiger partial charge >= 0.3 is 0 Å². The molecule has 0 radical (unpaired) electrons. The van der Waals surface area contributed by atoms with Crippen LogP contribution in [-0.2, 0) is 18.0 Å². The van der Waals surface area contributed by atoms with Crippen LogP contribution in [0.15, 0.2) is 109 Å². The van der Waals surface area contributed by atoms with E-state index in [1.165, 1.54) is 33.0 Å². The zero-order valence-electron chi connectivity index (χ0n) is 21.2. The summed E-state index contributed by atoms with van der Waals surface area (Å²) in [6, 6.07) is 38.9. The fourth-order valence-corrected chi connectivity index (χ4v) is 6.40. The molecule has 0 bridgehead atoms. The molecule has 4 aromatic rings. The van der Waals surface area contributed by atoms with Crippen LogP contribution in [0.5, 0.6) is 0 Å². The summed E-state index contributed by atoms with van der Waals surface area (Å²) in [5.41, 5.74) is 19.1. The fraction of sp³-hybridized carbons (Fsp3) is 0.200. The maximum Gasteiger partial charge on any atom is 0.274 e. The van der Waals surface area contributed by atoms with Crippen LogP contribution in [-0.4, -0.2) is 36.6 Å². The highest BCUT2D eigenvalue weighted by Crippen LogP contribution is 2.12. The van der Waals surface area contributed by atoms with Gasteiger partial charge in [0.25, 0.3) is 12.0 Å². The van der Waals surface area contributed by atoms with Gasteiger partial charge in [-0.05, 0) is 22.6 Å². The van der Waals surface area contributed by atoms with E-state index in [1.54, 1.807) is 0 Å². The minimum Gasteiger partial charge on any atom is -0.372 e. The molecule has 0 saturated carbocycles. The molecule has 3 nitrogen and oxygen atoms in total. The molecule has 4 N–H and O–H groups in total. The number of ether oxygens (including phenoxy) is 1. The number of benzene rings is 4. The van der Waals surface area contributed by atoms with Crippen LogP contribution in [0.1, 0.15) is 11.1 Å². The highest BCUT2D eigenvalue weighted by Gasteiger charge is 2.20. The van der Waals surface area contributed by atoms with Crippen molar-refractivity contribution in [3.05, 3.63) is 120 Å². The Bertz CT molecular complexity index is 1080. The molecule has 0 spiro atoms. The van der Waals surface area contributed by atoms with E-state index >= 15 is 0 Å². The topological polar surface area (TPSA) is 61.3 Å². The molecule has 0 aliphatic rings. The summed E-state index contributed by atoms with van der Waals surface area (Å²) in [5.74, 6) is 2.45. The van der Waals surface area contributed by atoms with Crippen LogP contribution in [0.25, 0.3) is 0 Å². The van der Waals surface area contributed by atoms with Gasteiger partial charge < -0.3 is 16.2 Å². The molecule has 0 fully saturated rings. The van der Waals surface area contributed by atoms with Gasteiger partial charge in [0.2, 0.25) is 0 Å². The van der Waals surface area contributed by atoms with E-state index in [1.807, 2.05) is 23.2 Å². The Balaban J connectivity index is 1.33. The molecule has 0 aliphatic heterocycles. The van der Waals surface area contributed by atoms with Gasteiger partial charge in [-0.3, -0.25) is 0 Å². The van der Waals surface area contributed by atoms with Crippen LogP contribution in [0.3, 0.4) is 0 Å². The summed E-state index contributed by atoms with van der Waals surface area (Å²) in [4.78, 5) is 0. The maximum absolute atomic E-state index is 6.06. The van der Waals surface area contributed by atoms with E-state index in [-0.39, 0.29) is 0 Å². The third-order valence-corrected chi connectivity index (χ3v) is 8.81.